The van der Waals surface area contributed by atoms with Gasteiger partial charge in [0.15, 0.2) is 0 Å². The average Bonchev–Trinajstić information content (AvgIpc) is 3.45. The van der Waals surface area contributed by atoms with Gasteiger partial charge in [-0.15, -0.1) is 0 Å². The summed E-state index contributed by atoms with van der Waals surface area (Å²) in [4.78, 5) is 11.2. The molecule has 0 unspecified atom stereocenters. The van der Waals surface area contributed by atoms with Crippen LogP contribution in [0.2, 0.25) is 0 Å². The van der Waals surface area contributed by atoms with E-state index >= 15 is 0 Å². The van der Waals surface area contributed by atoms with Crippen LogP contribution in [0.25, 0.3) is 11.0 Å². The minimum Gasteiger partial charge on any atom is -0.423 e. The van der Waals surface area contributed by atoms with Crippen LogP contribution in [-0.4, -0.2) is 22.9 Å². The average molecular weight is 420 g/mol. The summed E-state index contributed by atoms with van der Waals surface area (Å²) < 4.78 is 59.5. The Morgan fingerprint density at radius 1 is 0.821 bits per heavy atom. The Kier molecular flexibility index (Phi) is 4.48. The summed E-state index contributed by atoms with van der Waals surface area (Å²) >= 11 is 0. The van der Waals surface area contributed by atoms with E-state index in [2.05, 4.69) is 9.44 Å². The van der Waals surface area contributed by atoms with Gasteiger partial charge >= 0.3 is 5.63 Å². The largest absolute Gasteiger partial charge is 0.423 e. The van der Waals surface area contributed by atoms with Gasteiger partial charge in [-0.05, 0) is 61.4 Å². The lowest BCUT2D eigenvalue weighted by atomic mass is 10.2. The van der Waals surface area contributed by atoms with Crippen LogP contribution >= 0.6 is 0 Å². The highest BCUT2D eigenvalue weighted by molar-refractivity contribution is 7.92. The normalized spacial score (nSPS) is 14.9. The van der Waals surface area contributed by atoms with Gasteiger partial charge in [-0.25, -0.2) is 26.4 Å². The third-order valence-corrected chi connectivity index (χ3v) is 7.15. The molecular formula is C18H16N2O6S2. The van der Waals surface area contributed by atoms with Gasteiger partial charge in [0.05, 0.1) is 9.79 Å². The van der Waals surface area contributed by atoms with Crippen molar-refractivity contribution in [2.75, 3.05) is 4.72 Å². The Balaban J connectivity index is 1.58. The molecule has 1 saturated carbocycles. The van der Waals surface area contributed by atoms with Crippen molar-refractivity contribution in [2.24, 2.45) is 0 Å². The Hall–Kier alpha value is -2.69. The van der Waals surface area contributed by atoms with Gasteiger partial charge in [0.2, 0.25) is 10.0 Å². The topological polar surface area (TPSA) is 123 Å². The summed E-state index contributed by atoms with van der Waals surface area (Å²) in [5, 5.41) is 0.562. The van der Waals surface area contributed by atoms with E-state index in [4.69, 9.17) is 4.42 Å². The second-order valence-electron chi connectivity index (χ2n) is 6.48. The standard InChI is InChI=1S/C18H16N2O6S2/c21-18-10-1-12-11-14(4-9-17(12)26-18)20-28(24,25)16-7-5-15(6-8-16)27(22,23)19-13-2-3-13/h1,4-11,13,19-20H,2-3H2. The lowest BCUT2D eigenvalue weighted by Crippen LogP contribution is -2.25. The van der Waals surface area contributed by atoms with Crippen LogP contribution in [0.3, 0.4) is 0 Å². The van der Waals surface area contributed by atoms with E-state index in [0.717, 1.165) is 12.8 Å². The molecule has 8 nitrogen and oxygen atoms in total. The van der Waals surface area contributed by atoms with Crippen molar-refractivity contribution >= 4 is 36.7 Å². The molecule has 146 valence electrons. The molecule has 0 aliphatic heterocycles. The molecule has 1 fully saturated rings. The number of nitrogens with one attached hydrogen (secondary N) is 2. The van der Waals surface area contributed by atoms with Crippen LogP contribution in [0.5, 0.6) is 0 Å². The maximum absolute atomic E-state index is 12.6. The van der Waals surface area contributed by atoms with Crippen LogP contribution in [-0.2, 0) is 20.0 Å². The Morgan fingerprint density at radius 2 is 1.46 bits per heavy atom. The van der Waals surface area contributed by atoms with E-state index in [1.165, 1.54) is 54.6 Å². The molecule has 0 spiro atoms. The summed E-state index contributed by atoms with van der Waals surface area (Å²) in [6, 6.07) is 12.2. The van der Waals surface area contributed by atoms with Crippen molar-refractivity contribution in [1.82, 2.24) is 4.72 Å². The van der Waals surface area contributed by atoms with Gasteiger partial charge in [0, 0.05) is 23.2 Å². The fourth-order valence-electron chi connectivity index (χ4n) is 2.64. The molecule has 2 aromatic carbocycles. The van der Waals surface area contributed by atoms with Crippen LogP contribution in [0.4, 0.5) is 5.69 Å². The minimum absolute atomic E-state index is 0.0130. The van der Waals surface area contributed by atoms with Gasteiger partial charge in [-0.2, -0.15) is 0 Å². The first-order valence-corrected chi connectivity index (χ1v) is 11.4. The second kappa shape index (κ2) is 6.73. The zero-order valence-electron chi connectivity index (χ0n) is 14.5. The van der Waals surface area contributed by atoms with Crippen LogP contribution in [0, 0.1) is 0 Å². The van der Waals surface area contributed by atoms with Gasteiger partial charge < -0.3 is 4.42 Å². The lowest BCUT2D eigenvalue weighted by Gasteiger charge is -2.10. The highest BCUT2D eigenvalue weighted by atomic mass is 32.2. The lowest BCUT2D eigenvalue weighted by molar-refractivity contribution is 0.561. The van der Waals surface area contributed by atoms with E-state index in [1.54, 1.807) is 0 Å². The van der Waals surface area contributed by atoms with E-state index in [0.29, 0.717) is 11.0 Å². The predicted molar refractivity (Wildman–Crippen MR) is 103 cm³/mol. The summed E-state index contributed by atoms with van der Waals surface area (Å²) in [6.07, 6.45) is 1.62. The minimum atomic E-state index is -3.92. The molecule has 2 N–H and O–H groups in total. The summed E-state index contributed by atoms with van der Waals surface area (Å²) in [6.45, 7) is 0. The van der Waals surface area contributed by atoms with Crippen LogP contribution in [0.1, 0.15) is 12.8 Å². The number of anilines is 1. The van der Waals surface area contributed by atoms with E-state index < -0.39 is 25.7 Å². The second-order valence-corrected chi connectivity index (χ2v) is 9.88. The molecule has 28 heavy (non-hydrogen) atoms. The smallest absolute Gasteiger partial charge is 0.336 e. The van der Waals surface area contributed by atoms with Crippen molar-refractivity contribution in [2.45, 2.75) is 28.7 Å². The van der Waals surface area contributed by atoms with Crippen LogP contribution < -0.4 is 15.1 Å². The molecule has 1 aromatic heterocycles. The number of hydrogen-bond donors (Lipinski definition) is 2. The zero-order chi connectivity index (χ0) is 19.9. The monoisotopic (exact) mass is 420 g/mol. The van der Waals surface area contributed by atoms with Gasteiger partial charge in [0.1, 0.15) is 5.58 Å². The molecule has 1 aliphatic carbocycles. The van der Waals surface area contributed by atoms with Gasteiger partial charge in [0.25, 0.3) is 10.0 Å². The van der Waals surface area contributed by atoms with Crippen molar-refractivity contribution in [3.05, 3.63) is 65.0 Å². The Labute approximate surface area is 161 Å². The van der Waals surface area contributed by atoms with E-state index in [1.807, 2.05) is 0 Å². The summed E-state index contributed by atoms with van der Waals surface area (Å²) in [5.41, 5.74) is 0.133. The molecule has 1 aliphatic rings. The fourth-order valence-corrected chi connectivity index (χ4v) is 4.99. The quantitative estimate of drug-likeness (QED) is 0.589. The predicted octanol–water partition coefficient (Wildman–Crippen LogP) is 2.03. The van der Waals surface area contributed by atoms with E-state index in [-0.39, 0.29) is 21.5 Å². The Bertz CT molecular complexity index is 1310. The van der Waals surface area contributed by atoms with Crippen molar-refractivity contribution in [3.63, 3.8) is 0 Å². The third kappa shape index (κ3) is 3.93. The first kappa shape index (κ1) is 18.7. The maximum Gasteiger partial charge on any atom is 0.336 e. The molecule has 0 atom stereocenters. The fraction of sp³-hybridized carbons (Fsp3) is 0.167. The first-order valence-electron chi connectivity index (χ1n) is 8.42. The highest BCUT2D eigenvalue weighted by Crippen LogP contribution is 2.24. The number of hydrogen-bond acceptors (Lipinski definition) is 6. The molecule has 0 saturated heterocycles. The summed E-state index contributed by atoms with van der Waals surface area (Å²) in [5.74, 6) is 0. The number of fused-ring (bicyclic) bond motifs is 1. The van der Waals surface area contributed by atoms with Gasteiger partial charge in [-0.1, -0.05) is 0 Å². The van der Waals surface area contributed by atoms with E-state index in [9.17, 15) is 21.6 Å². The molecule has 3 aromatic rings. The number of rotatable bonds is 6. The molecule has 0 amide bonds. The molecule has 10 heteroatoms. The summed E-state index contributed by atoms with van der Waals surface area (Å²) in [7, 11) is -7.57. The van der Waals surface area contributed by atoms with Crippen molar-refractivity contribution < 1.29 is 21.3 Å². The maximum atomic E-state index is 12.6. The van der Waals surface area contributed by atoms with Crippen molar-refractivity contribution in [1.29, 1.82) is 0 Å². The molecule has 1 heterocycles. The molecule has 0 bridgehead atoms. The number of benzene rings is 2. The molecular weight excluding hydrogens is 404 g/mol. The SMILES string of the molecule is O=c1ccc2cc(NS(=O)(=O)c3ccc(S(=O)(=O)NC4CC4)cc3)ccc2o1. The first-order chi connectivity index (χ1) is 13.2. The zero-order valence-corrected chi connectivity index (χ0v) is 16.1. The molecule has 0 radical (unpaired) electrons. The third-order valence-electron chi connectivity index (χ3n) is 4.22. The highest BCUT2D eigenvalue weighted by Gasteiger charge is 2.28. The molecule has 4 rings (SSSR count). The number of sulfonamides is 2. The van der Waals surface area contributed by atoms with Crippen LogP contribution in [0.15, 0.2) is 73.6 Å². The van der Waals surface area contributed by atoms with Crippen molar-refractivity contribution in [3.8, 4) is 0 Å². The Morgan fingerprint density at radius 3 is 2.11 bits per heavy atom. The van der Waals surface area contributed by atoms with Gasteiger partial charge in [-0.3, -0.25) is 4.72 Å².